The maximum absolute atomic E-state index is 8.44. The molecule has 1 aliphatic rings. The first kappa shape index (κ1) is 18.5. The maximum atomic E-state index is 8.44. The third-order valence-electron chi connectivity index (χ3n) is 3.94. The van der Waals surface area contributed by atoms with Gasteiger partial charge in [-0.05, 0) is 37.5 Å². The van der Waals surface area contributed by atoms with Gasteiger partial charge < -0.3 is 19.7 Å². The lowest BCUT2D eigenvalue weighted by Crippen LogP contribution is -2.17. The highest BCUT2D eigenvalue weighted by atomic mass is 32.2. The molecule has 1 saturated heterocycles. The molecule has 1 fully saturated rings. The summed E-state index contributed by atoms with van der Waals surface area (Å²) in [6.07, 6.45) is 3.01. The fourth-order valence-corrected chi connectivity index (χ4v) is 5.32. The van der Waals surface area contributed by atoms with E-state index in [1.165, 1.54) is 41.5 Å². The standard InChI is InChI=1S/C18H23OS.CH2O3/c1-2-3-12-19-17-10-11-18(20-13-6-7-14-20)16-9-5-4-8-15(16)17;2-1(3)4/h4-5,8-11H,2-3,6-7,12-14H2,1H3;(H2,2,3,4)/q+1;/p-1. The Balaban J connectivity index is 0.000000471. The van der Waals surface area contributed by atoms with Crippen LogP contribution in [0.25, 0.3) is 10.8 Å². The van der Waals surface area contributed by atoms with E-state index in [0.29, 0.717) is 10.9 Å². The van der Waals surface area contributed by atoms with Crippen molar-refractivity contribution in [1.29, 1.82) is 0 Å². The van der Waals surface area contributed by atoms with Crippen molar-refractivity contribution in [2.75, 3.05) is 18.1 Å². The second-order valence-corrected chi connectivity index (χ2v) is 7.93. The van der Waals surface area contributed by atoms with E-state index >= 15 is 0 Å². The minimum absolute atomic E-state index is 0.464. The molecule has 0 bridgehead atoms. The molecule has 0 amide bonds. The molecule has 130 valence electrons. The summed E-state index contributed by atoms with van der Waals surface area (Å²) in [6.45, 7) is 3.03. The van der Waals surface area contributed by atoms with Crippen molar-refractivity contribution in [1.82, 2.24) is 0 Å². The third-order valence-corrected chi connectivity index (χ3v) is 6.48. The lowest BCUT2D eigenvalue weighted by atomic mass is 10.1. The average Bonchev–Trinajstić information content (AvgIpc) is 3.09. The van der Waals surface area contributed by atoms with E-state index in [4.69, 9.17) is 19.7 Å². The van der Waals surface area contributed by atoms with Gasteiger partial charge in [-0.25, -0.2) is 0 Å². The SMILES string of the molecule is CCCCOc1ccc([S+]2CCCC2)c2ccccc12.O=C([O-])O. The van der Waals surface area contributed by atoms with Crippen LogP contribution in [0.3, 0.4) is 0 Å². The zero-order chi connectivity index (χ0) is 17.4. The van der Waals surface area contributed by atoms with Gasteiger partial charge in [-0.3, -0.25) is 0 Å². The molecule has 2 aromatic rings. The van der Waals surface area contributed by atoms with Crippen LogP contribution in [0.15, 0.2) is 41.3 Å². The monoisotopic (exact) mass is 348 g/mol. The molecular formula is C19H24O4S. The van der Waals surface area contributed by atoms with Gasteiger partial charge in [0.1, 0.15) is 17.3 Å². The summed E-state index contributed by atoms with van der Waals surface area (Å²) in [7, 11) is 0.464. The summed E-state index contributed by atoms with van der Waals surface area (Å²) >= 11 is 0. The Morgan fingerprint density at radius 3 is 2.42 bits per heavy atom. The van der Waals surface area contributed by atoms with Crippen molar-refractivity contribution in [2.45, 2.75) is 37.5 Å². The van der Waals surface area contributed by atoms with Gasteiger partial charge >= 0.3 is 0 Å². The number of rotatable bonds is 5. The molecule has 1 aliphatic heterocycles. The lowest BCUT2D eigenvalue weighted by molar-refractivity contribution is -0.275. The van der Waals surface area contributed by atoms with Crippen molar-refractivity contribution in [3.8, 4) is 5.75 Å². The van der Waals surface area contributed by atoms with Gasteiger partial charge in [0.25, 0.3) is 0 Å². The van der Waals surface area contributed by atoms with E-state index in [2.05, 4.69) is 43.3 Å². The first-order valence-corrected chi connectivity index (χ1v) is 9.91. The summed E-state index contributed by atoms with van der Waals surface area (Å²) < 4.78 is 5.98. The van der Waals surface area contributed by atoms with E-state index in [-0.39, 0.29) is 0 Å². The number of carbonyl (C=O) groups is 1. The Labute approximate surface area is 145 Å². The second-order valence-electron chi connectivity index (χ2n) is 5.68. The lowest BCUT2D eigenvalue weighted by Gasteiger charge is -2.11. The topological polar surface area (TPSA) is 69.6 Å². The molecule has 0 unspecified atom stereocenters. The van der Waals surface area contributed by atoms with E-state index in [9.17, 15) is 0 Å². The molecule has 5 heteroatoms. The number of ether oxygens (including phenoxy) is 1. The normalized spacial score (nSPS) is 14.2. The van der Waals surface area contributed by atoms with Gasteiger partial charge in [0.15, 0.2) is 4.90 Å². The quantitative estimate of drug-likeness (QED) is 0.661. The molecule has 1 heterocycles. The fourth-order valence-electron chi connectivity index (χ4n) is 2.82. The first-order valence-electron chi connectivity index (χ1n) is 8.35. The van der Waals surface area contributed by atoms with Crippen LogP contribution in [-0.2, 0) is 10.9 Å². The minimum atomic E-state index is -2.08. The number of hydrogen-bond donors (Lipinski definition) is 1. The van der Waals surface area contributed by atoms with Gasteiger partial charge in [0, 0.05) is 21.7 Å². The molecule has 4 nitrogen and oxygen atoms in total. The van der Waals surface area contributed by atoms with E-state index in [1.807, 2.05) is 0 Å². The van der Waals surface area contributed by atoms with E-state index < -0.39 is 6.16 Å². The number of fused-ring (bicyclic) bond motifs is 1. The van der Waals surface area contributed by atoms with Crippen LogP contribution >= 0.6 is 0 Å². The molecular weight excluding hydrogens is 324 g/mol. The summed E-state index contributed by atoms with van der Waals surface area (Å²) in [5, 5.41) is 18.0. The highest BCUT2D eigenvalue weighted by molar-refractivity contribution is 7.97. The molecule has 3 rings (SSSR count). The molecule has 0 aliphatic carbocycles. The summed E-state index contributed by atoms with van der Waals surface area (Å²) in [6, 6.07) is 13.3. The molecule has 2 aromatic carbocycles. The Bertz CT molecular complexity index is 661. The number of benzene rings is 2. The Kier molecular flexibility index (Phi) is 7.25. The minimum Gasteiger partial charge on any atom is -0.565 e. The maximum Gasteiger partial charge on any atom is 0.249 e. The highest BCUT2D eigenvalue weighted by Gasteiger charge is 2.29. The van der Waals surface area contributed by atoms with Gasteiger partial charge in [-0.15, -0.1) is 0 Å². The third kappa shape index (κ3) is 5.06. The molecule has 0 aromatic heterocycles. The largest absolute Gasteiger partial charge is 0.565 e. The Morgan fingerprint density at radius 2 is 1.79 bits per heavy atom. The molecule has 0 atom stereocenters. The number of unbranched alkanes of at least 4 members (excludes halogenated alkanes) is 1. The average molecular weight is 348 g/mol. The van der Waals surface area contributed by atoms with Gasteiger partial charge in [-0.1, -0.05) is 31.5 Å². The first-order chi connectivity index (χ1) is 11.6. The molecule has 24 heavy (non-hydrogen) atoms. The molecule has 0 spiro atoms. The van der Waals surface area contributed by atoms with Gasteiger partial charge in [0.2, 0.25) is 6.16 Å². The molecule has 1 N–H and O–H groups in total. The van der Waals surface area contributed by atoms with Crippen molar-refractivity contribution in [3.05, 3.63) is 36.4 Å². The number of carboxylic acid groups (broad SMARTS) is 2. The zero-order valence-electron chi connectivity index (χ0n) is 14.0. The molecule has 0 radical (unpaired) electrons. The van der Waals surface area contributed by atoms with Crippen LogP contribution in [0.5, 0.6) is 5.75 Å². The van der Waals surface area contributed by atoms with Gasteiger partial charge in [0.05, 0.1) is 6.61 Å². The predicted molar refractivity (Wildman–Crippen MR) is 97.0 cm³/mol. The van der Waals surface area contributed by atoms with Crippen LogP contribution < -0.4 is 9.84 Å². The second kappa shape index (κ2) is 9.42. The zero-order valence-corrected chi connectivity index (χ0v) is 14.8. The van der Waals surface area contributed by atoms with E-state index in [0.717, 1.165) is 18.8 Å². The van der Waals surface area contributed by atoms with Crippen molar-refractivity contribution in [3.63, 3.8) is 0 Å². The smallest absolute Gasteiger partial charge is 0.249 e. The van der Waals surface area contributed by atoms with Crippen molar-refractivity contribution in [2.24, 2.45) is 0 Å². The van der Waals surface area contributed by atoms with E-state index in [1.54, 1.807) is 4.90 Å². The predicted octanol–water partition coefficient (Wildman–Crippen LogP) is 3.68. The van der Waals surface area contributed by atoms with Crippen molar-refractivity contribution >= 4 is 27.8 Å². The molecule has 0 saturated carbocycles. The summed E-state index contributed by atoms with van der Waals surface area (Å²) in [4.78, 5) is 10.0. The number of hydrogen-bond acceptors (Lipinski definition) is 3. The van der Waals surface area contributed by atoms with Crippen LogP contribution in [0.2, 0.25) is 0 Å². The van der Waals surface area contributed by atoms with Crippen LogP contribution in [-0.4, -0.2) is 29.4 Å². The summed E-state index contributed by atoms with van der Waals surface area (Å²) in [5.74, 6) is 3.81. The fraction of sp³-hybridized carbons (Fsp3) is 0.421. The van der Waals surface area contributed by atoms with Crippen LogP contribution in [0.4, 0.5) is 4.79 Å². The highest BCUT2D eigenvalue weighted by Crippen LogP contribution is 2.34. The Morgan fingerprint density at radius 1 is 1.17 bits per heavy atom. The van der Waals surface area contributed by atoms with Crippen LogP contribution in [0.1, 0.15) is 32.6 Å². The van der Waals surface area contributed by atoms with Crippen LogP contribution in [0, 0.1) is 0 Å². The van der Waals surface area contributed by atoms with Gasteiger partial charge in [-0.2, -0.15) is 0 Å². The Hall–Kier alpha value is -1.88. The summed E-state index contributed by atoms with van der Waals surface area (Å²) in [5.41, 5.74) is 0. The van der Waals surface area contributed by atoms with Crippen molar-refractivity contribution < 1.29 is 19.7 Å².